The number of nitrogens with zero attached hydrogens (tertiary/aromatic N) is 1. The van der Waals surface area contributed by atoms with E-state index in [-0.39, 0.29) is 5.91 Å². The maximum atomic E-state index is 12.4. The maximum Gasteiger partial charge on any atom is 0.266 e. The second kappa shape index (κ2) is 7.66. The van der Waals surface area contributed by atoms with E-state index < -0.39 is 0 Å². The van der Waals surface area contributed by atoms with Crippen LogP contribution in [0, 0.1) is 0 Å². The van der Waals surface area contributed by atoms with Gasteiger partial charge in [-0.15, -0.1) is 0 Å². The highest BCUT2D eigenvalue weighted by Gasteiger charge is 2.31. The van der Waals surface area contributed by atoms with Gasteiger partial charge in [-0.25, -0.2) is 0 Å². The van der Waals surface area contributed by atoms with Gasteiger partial charge in [-0.1, -0.05) is 47.2 Å². The summed E-state index contributed by atoms with van der Waals surface area (Å²) in [5, 5.41) is 0.850. The van der Waals surface area contributed by atoms with Gasteiger partial charge in [0, 0.05) is 17.7 Å². The van der Waals surface area contributed by atoms with Gasteiger partial charge in [-0.05, 0) is 18.2 Å². The molecule has 0 aromatic heterocycles. The maximum absolute atomic E-state index is 12.4. The van der Waals surface area contributed by atoms with Crippen molar-refractivity contribution < 1.29 is 14.3 Å². The number of carbonyl (C=O) groups excluding carboxylic acids is 1. The topological polar surface area (TPSA) is 38.8 Å². The number of rotatable bonds is 5. The predicted molar refractivity (Wildman–Crippen MR) is 94.8 cm³/mol. The molecule has 0 N–H and O–H groups in total. The van der Waals surface area contributed by atoms with Crippen molar-refractivity contribution >= 4 is 63.5 Å². The molecule has 8 heteroatoms. The monoisotopic (exact) mass is 377 g/mol. The molecule has 1 fully saturated rings. The number of thiocarbonyl (C=S) groups is 1. The molecule has 4 nitrogen and oxygen atoms in total. The minimum atomic E-state index is -0.162. The highest BCUT2D eigenvalue weighted by Crippen LogP contribution is 2.37. The van der Waals surface area contributed by atoms with Crippen LogP contribution in [0.15, 0.2) is 17.0 Å². The highest BCUT2D eigenvalue weighted by atomic mass is 35.5. The average molecular weight is 378 g/mol. The van der Waals surface area contributed by atoms with Crippen LogP contribution in [0.1, 0.15) is 5.56 Å². The number of benzene rings is 1. The summed E-state index contributed by atoms with van der Waals surface area (Å²) in [5.41, 5.74) is 0.632. The Kier molecular flexibility index (Phi) is 6.11. The summed E-state index contributed by atoms with van der Waals surface area (Å²) in [7, 11) is 3.09. The summed E-state index contributed by atoms with van der Waals surface area (Å²) in [6.45, 7) is 0.845. The van der Waals surface area contributed by atoms with Crippen molar-refractivity contribution in [1.29, 1.82) is 0 Å². The van der Waals surface area contributed by atoms with E-state index in [0.717, 1.165) is 0 Å². The van der Waals surface area contributed by atoms with Crippen LogP contribution in [0.3, 0.4) is 0 Å². The molecule has 1 heterocycles. The number of carbonyl (C=O) groups is 1. The molecule has 1 amide bonds. The summed E-state index contributed by atoms with van der Waals surface area (Å²) >= 11 is 18.6. The molecule has 0 spiro atoms. The van der Waals surface area contributed by atoms with Gasteiger partial charge >= 0.3 is 0 Å². The number of hydrogen-bond acceptors (Lipinski definition) is 5. The Morgan fingerprint density at radius 1 is 1.36 bits per heavy atom. The standard InChI is InChI=1S/C14H13Cl2NO3S2/c1-19-4-3-17-13(18)11(22-14(17)21)6-8-5-9(15)7-10(16)12(8)20-2/h5-7H,3-4H2,1-2H3/b11-6+. The molecule has 1 aromatic carbocycles. The first-order valence-electron chi connectivity index (χ1n) is 6.25. The van der Waals surface area contributed by atoms with Crippen LogP contribution in [-0.2, 0) is 9.53 Å². The molecular weight excluding hydrogens is 365 g/mol. The van der Waals surface area contributed by atoms with Crippen LogP contribution in [0.5, 0.6) is 5.75 Å². The average Bonchev–Trinajstić information content (AvgIpc) is 2.71. The molecule has 0 radical (unpaired) electrons. The Morgan fingerprint density at radius 3 is 2.73 bits per heavy atom. The SMILES string of the molecule is COCCN1C(=O)/C(=C\c2cc(Cl)cc(Cl)c2OC)SC1=S. The third-order valence-electron chi connectivity index (χ3n) is 2.92. The van der Waals surface area contributed by atoms with Crippen molar-refractivity contribution in [3.05, 3.63) is 32.6 Å². The van der Waals surface area contributed by atoms with Crippen molar-refractivity contribution in [3.8, 4) is 5.75 Å². The van der Waals surface area contributed by atoms with E-state index in [2.05, 4.69) is 0 Å². The van der Waals surface area contributed by atoms with Crippen LogP contribution in [0.2, 0.25) is 10.0 Å². The quantitative estimate of drug-likeness (QED) is 0.575. The first kappa shape index (κ1) is 17.6. The number of methoxy groups -OCH3 is 2. The first-order valence-corrected chi connectivity index (χ1v) is 8.23. The summed E-state index contributed by atoms with van der Waals surface area (Å²) in [6.07, 6.45) is 1.68. The molecule has 0 saturated carbocycles. The summed E-state index contributed by atoms with van der Waals surface area (Å²) < 4.78 is 10.8. The molecule has 118 valence electrons. The van der Waals surface area contributed by atoms with Gasteiger partial charge < -0.3 is 9.47 Å². The Labute approximate surface area is 148 Å². The molecule has 0 aliphatic carbocycles. The Hall–Kier alpha value is -0.790. The lowest BCUT2D eigenvalue weighted by atomic mass is 10.2. The van der Waals surface area contributed by atoms with E-state index in [4.69, 9.17) is 44.9 Å². The minimum absolute atomic E-state index is 0.162. The molecule has 22 heavy (non-hydrogen) atoms. The number of ether oxygens (including phenoxy) is 2. The van der Waals surface area contributed by atoms with Crippen molar-refractivity contribution in [2.24, 2.45) is 0 Å². The Bertz CT molecular complexity index is 649. The molecule has 1 saturated heterocycles. The molecule has 2 rings (SSSR count). The number of hydrogen-bond donors (Lipinski definition) is 0. The van der Waals surface area contributed by atoms with E-state index >= 15 is 0 Å². The fourth-order valence-electron chi connectivity index (χ4n) is 1.92. The molecule has 0 atom stereocenters. The summed E-state index contributed by atoms with van der Waals surface area (Å²) in [4.78, 5) is 14.4. The highest BCUT2D eigenvalue weighted by molar-refractivity contribution is 8.26. The third-order valence-corrected chi connectivity index (χ3v) is 4.80. The van der Waals surface area contributed by atoms with Crippen molar-refractivity contribution in [1.82, 2.24) is 4.90 Å². The zero-order valence-corrected chi connectivity index (χ0v) is 15.0. The van der Waals surface area contributed by atoms with Crippen molar-refractivity contribution in [2.45, 2.75) is 0 Å². The summed E-state index contributed by atoms with van der Waals surface area (Å²) in [5.74, 6) is 0.304. The van der Waals surface area contributed by atoms with E-state index in [9.17, 15) is 4.79 Å². The molecule has 1 aliphatic rings. The summed E-state index contributed by atoms with van der Waals surface area (Å²) in [6, 6.07) is 3.27. The molecule has 1 aliphatic heterocycles. The fourth-order valence-corrected chi connectivity index (χ4v) is 3.81. The van der Waals surface area contributed by atoms with Gasteiger partial charge in [0.15, 0.2) is 0 Å². The van der Waals surface area contributed by atoms with Gasteiger partial charge in [0.1, 0.15) is 10.1 Å². The van der Waals surface area contributed by atoms with Crippen LogP contribution < -0.4 is 4.74 Å². The Balaban J connectivity index is 2.35. The second-order valence-corrected chi connectivity index (χ2v) is 6.86. The lowest BCUT2D eigenvalue weighted by Gasteiger charge is -2.13. The second-order valence-electron chi connectivity index (χ2n) is 4.34. The van der Waals surface area contributed by atoms with Crippen LogP contribution in [-0.4, -0.2) is 42.5 Å². The van der Waals surface area contributed by atoms with Gasteiger partial charge in [0.25, 0.3) is 5.91 Å². The minimum Gasteiger partial charge on any atom is -0.495 e. The largest absolute Gasteiger partial charge is 0.495 e. The van der Waals surface area contributed by atoms with Crippen molar-refractivity contribution in [2.75, 3.05) is 27.4 Å². The van der Waals surface area contributed by atoms with Crippen LogP contribution >= 0.6 is 47.2 Å². The molecule has 0 unspecified atom stereocenters. The molecular formula is C14H13Cl2NO3S2. The fraction of sp³-hybridized carbons (Fsp3) is 0.286. The zero-order chi connectivity index (χ0) is 16.3. The third kappa shape index (κ3) is 3.75. The lowest BCUT2D eigenvalue weighted by molar-refractivity contribution is -0.122. The van der Waals surface area contributed by atoms with Crippen LogP contribution in [0.25, 0.3) is 6.08 Å². The first-order chi connectivity index (χ1) is 10.5. The normalized spacial score (nSPS) is 16.7. The van der Waals surface area contributed by atoms with E-state index in [0.29, 0.717) is 43.7 Å². The zero-order valence-electron chi connectivity index (χ0n) is 11.9. The van der Waals surface area contributed by atoms with Gasteiger partial charge in [-0.2, -0.15) is 0 Å². The smallest absolute Gasteiger partial charge is 0.266 e. The Morgan fingerprint density at radius 2 is 2.09 bits per heavy atom. The van der Waals surface area contributed by atoms with Gasteiger partial charge in [-0.3, -0.25) is 9.69 Å². The van der Waals surface area contributed by atoms with Crippen LogP contribution in [0.4, 0.5) is 0 Å². The molecule has 1 aromatic rings. The van der Waals surface area contributed by atoms with Crippen molar-refractivity contribution in [3.63, 3.8) is 0 Å². The van der Waals surface area contributed by atoms with E-state index in [1.807, 2.05) is 0 Å². The number of halogens is 2. The van der Waals surface area contributed by atoms with E-state index in [1.54, 1.807) is 25.3 Å². The lowest BCUT2D eigenvalue weighted by Crippen LogP contribution is -2.31. The predicted octanol–water partition coefficient (Wildman–Crippen LogP) is 3.85. The van der Waals surface area contributed by atoms with Gasteiger partial charge in [0.2, 0.25) is 0 Å². The van der Waals surface area contributed by atoms with Gasteiger partial charge in [0.05, 0.1) is 30.2 Å². The van der Waals surface area contributed by atoms with E-state index in [1.165, 1.54) is 23.8 Å². The molecule has 0 bridgehead atoms. The number of thioether (sulfide) groups is 1. The number of amides is 1.